The Labute approximate surface area is 269 Å². The lowest BCUT2D eigenvalue weighted by atomic mass is 9.86. The molecule has 0 unspecified atom stereocenters. The SMILES string of the molecule is O=C1C=CC=C(C2=CN(CCN3CCC(c4ccccc4C(=O)NCCNC(=O)Nc4cccc5ccccc45)CC3)C=CO2)C1. The predicted octanol–water partition coefficient (Wildman–Crippen LogP) is 5.67. The Morgan fingerprint density at radius 2 is 1.67 bits per heavy atom. The van der Waals surface area contributed by atoms with E-state index in [0.717, 1.165) is 66.6 Å². The number of piperidine rings is 1. The molecule has 9 nitrogen and oxygen atoms in total. The first-order chi connectivity index (χ1) is 22.5. The molecule has 0 saturated carbocycles. The third-order valence-corrected chi connectivity index (χ3v) is 8.63. The topological polar surface area (TPSA) is 103 Å². The zero-order chi connectivity index (χ0) is 31.7. The number of hydrogen-bond acceptors (Lipinski definition) is 6. The van der Waals surface area contributed by atoms with E-state index in [1.54, 1.807) is 18.4 Å². The molecule has 236 valence electrons. The molecular formula is C37H39N5O4. The minimum Gasteiger partial charge on any atom is -0.462 e. The number of nitrogens with zero attached hydrogens (tertiary/aromatic N) is 2. The van der Waals surface area contributed by atoms with Gasteiger partial charge in [0, 0.05) is 61.5 Å². The highest BCUT2D eigenvalue weighted by molar-refractivity contribution is 6.01. The Bertz CT molecular complexity index is 1710. The first-order valence-corrected chi connectivity index (χ1v) is 15.9. The van der Waals surface area contributed by atoms with Crippen molar-refractivity contribution in [3.05, 3.63) is 126 Å². The number of carbonyl (C=O) groups excluding carboxylic acids is 3. The van der Waals surface area contributed by atoms with E-state index in [1.807, 2.05) is 79.1 Å². The Morgan fingerprint density at radius 3 is 2.54 bits per heavy atom. The fraction of sp³-hybridized carbons (Fsp3) is 0.270. The van der Waals surface area contributed by atoms with E-state index in [0.29, 0.717) is 36.8 Å². The minimum atomic E-state index is -0.311. The Kier molecular flexibility index (Phi) is 9.90. The highest BCUT2D eigenvalue weighted by Gasteiger charge is 2.25. The molecule has 46 heavy (non-hydrogen) atoms. The van der Waals surface area contributed by atoms with Crippen LogP contribution in [0, 0.1) is 0 Å². The number of fused-ring (bicyclic) bond motifs is 1. The first-order valence-electron chi connectivity index (χ1n) is 15.9. The van der Waals surface area contributed by atoms with Gasteiger partial charge in [0.25, 0.3) is 5.91 Å². The summed E-state index contributed by atoms with van der Waals surface area (Å²) in [6.07, 6.45) is 13.1. The Hall–Kier alpha value is -5.15. The van der Waals surface area contributed by atoms with Crippen LogP contribution in [0.1, 0.15) is 41.1 Å². The smallest absolute Gasteiger partial charge is 0.319 e. The maximum Gasteiger partial charge on any atom is 0.319 e. The molecular weight excluding hydrogens is 578 g/mol. The minimum absolute atomic E-state index is 0.0830. The number of allylic oxidation sites excluding steroid dienone is 4. The summed E-state index contributed by atoms with van der Waals surface area (Å²) in [5, 5.41) is 10.7. The van der Waals surface area contributed by atoms with Crippen LogP contribution in [0.3, 0.4) is 0 Å². The fourth-order valence-corrected chi connectivity index (χ4v) is 6.18. The van der Waals surface area contributed by atoms with E-state index in [-0.39, 0.29) is 17.7 Å². The van der Waals surface area contributed by atoms with Crippen molar-refractivity contribution in [2.75, 3.05) is 44.6 Å². The van der Waals surface area contributed by atoms with Gasteiger partial charge in [0.15, 0.2) is 5.78 Å². The van der Waals surface area contributed by atoms with E-state index in [1.165, 1.54) is 0 Å². The number of benzene rings is 3. The first kappa shape index (κ1) is 30.9. The second-order valence-corrected chi connectivity index (χ2v) is 11.7. The van der Waals surface area contributed by atoms with Crippen LogP contribution in [-0.4, -0.2) is 66.8 Å². The summed E-state index contributed by atoms with van der Waals surface area (Å²) >= 11 is 0. The van der Waals surface area contributed by atoms with E-state index in [2.05, 4.69) is 31.8 Å². The number of carbonyl (C=O) groups is 3. The normalized spacial score (nSPS) is 16.9. The van der Waals surface area contributed by atoms with Crippen LogP contribution < -0.4 is 16.0 Å². The molecule has 2 aliphatic heterocycles. The van der Waals surface area contributed by atoms with Crippen molar-refractivity contribution in [1.29, 1.82) is 0 Å². The van der Waals surface area contributed by atoms with Gasteiger partial charge in [0.2, 0.25) is 0 Å². The lowest BCUT2D eigenvalue weighted by Crippen LogP contribution is -2.38. The van der Waals surface area contributed by atoms with Gasteiger partial charge in [0.05, 0.1) is 5.69 Å². The maximum absolute atomic E-state index is 13.2. The maximum atomic E-state index is 13.2. The average molecular weight is 618 g/mol. The van der Waals surface area contributed by atoms with Gasteiger partial charge >= 0.3 is 6.03 Å². The van der Waals surface area contributed by atoms with Crippen LogP contribution in [0.4, 0.5) is 10.5 Å². The summed E-state index contributed by atoms with van der Waals surface area (Å²) in [5.74, 6) is 0.982. The van der Waals surface area contributed by atoms with Crippen molar-refractivity contribution in [2.45, 2.75) is 25.2 Å². The number of urea groups is 1. The van der Waals surface area contributed by atoms with Crippen molar-refractivity contribution >= 4 is 34.2 Å². The third-order valence-electron chi connectivity index (χ3n) is 8.63. The van der Waals surface area contributed by atoms with Crippen LogP contribution in [-0.2, 0) is 9.53 Å². The van der Waals surface area contributed by atoms with Crippen molar-refractivity contribution in [3.63, 3.8) is 0 Å². The van der Waals surface area contributed by atoms with Gasteiger partial charge < -0.3 is 30.5 Å². The summed E-state index contributed by atoms with van der Waals surface area (Å²) in [4.78, 5) is 42.1. The van der Waals surface area contributed by atoms with Crippen molar-refractivity contribution in [2.24, 2.45) is 0 Å². The average Bonchev–Trinajstić information content (AvgIpc) is 3.10. The van der Waals surface area contributed by atoms with Gasteiger partial charge in [-0.1, -0.05) is 66.7 Å². The molecule has 0 atom stereocenters. The second kappa shape index (κ2) is 14.8. The fourth-order valence-electron chi connectivity index (χ4n) is 6.18. The quantitative estimate of drug-likeness (QED) is 0.254. The predicted molar refractivity (Wildman–Crippen MR) is 180 cm³/mol. The lowest BCUT2D eigenvalue weighted by molar-refractivity contribution is -0.114. The largest absolute Gasteiger partial charge is 0.462 e. The molecule has 0 radical (unpaired) electrons. The third kappa shape index (κ3) is 7.73. The number of amides is 3. The van der Waals surface area contributed by atoms with Crippen molar-refractivity contribution < 1.29 is 19.1 Å². The summed E-state index contributed by atoms with van der Waals surface area (Å²) in [6, 6.07) is 21.2. The van der Waals surface area contributed by atoms with Crippen LogP contribution in [0.2, 0.25) is 0 Å². The van der Waals surface area contributed by atoms with Crippen LogP contribution >= 0.6 is 0 Å². The number of nitrogens with one attached hydrogen (secondary N) is 3. The summed E-state index contributed by atoms with van der Waals surface area (Å²) in [7, 11) is 0. The summed E-state index contributed by atoms with van der Waals surface area (Å²) < 4.78 is 5.67. The van der Waals surface area contributed by atoms with Gasteiger partial charge in [0.1, 0.15) is 12.0 Å². The highest BCUT2D eigenvalue weighted by atomic mass is 16.5. The number of rotatable bonds is 10. The zero-order valence-electron chi connectivity index (χ0n) is 25.8. The van der Waals surface area contributed by atoms with E-state index in [9.17, 15) is 14.4 Å². The molecule has 1 aliphatic carbocycles. The molecule has 9 heteroatoms. The summed E-state index contributed by atoms with van der Waals surface area (Å²) in [6.45, 7) is 4.26. The van der Waals surface area contributed by atoms with Gasteiger partial charge in [-0.2, -0.15) is 0 Å². The Balaban J connectivity index is 0.946. The summed E-state index contributed by atoms with van der Waals surface area (Å²) in [5.41, 5.74) is 3.41. The Morgan fingerprint density at radius 1 is 0.891 bits per heavy atom. The van der Waals surface area contributed by atoms with Crippen LogP contribution in [0.25, 0.3) is 10.8 Å². The zero-order valence-corrected chi connectivity index (χ0v) is 25.8. The second-order valence-electron chi connectivity index (χ2n) is 11.7. The molecule has 6 rings (SSSR count). The van der Waals surface area contributed by atoms with Gasteiger partial charge in [-0.3, -0.25) is 9.59 Å². The number of anilines is 1. The molecule has 3 N–H and O–H groups in total. The molecule has 1 fully saturated rings. The molecule has 3 aliphatic rings. The van der Waals surface area contributed by atoms with E-state index < -0.39 is 0 Å². The van der Waals surface area contributed by atoms with E-state index in [4.69, 9.17) is 4.74 Å². The number of likely N-dealkylation sites (tertiary alicyclic amines) is 1. The molecule has 0 aromatic heterocycles. The molecule has 2 heterocycles. The molecule has 3 aromatic carbocycles. The standard InChI is InChI=1S/C37H39N5O4/c43-30-10-5-9-29(25-30)35-26-42(23-24-46-35)22-21-41-19-15-28(16-20-41)31-11-3-4-13-33(31)36(44)38-17-18-39-37(45)40-34-14-6-8-27-7-1-2-12-32(27)34/h1-14,23-24,26,28H,15-22,25H2,(H,38,44)(H2,39,40,45). The molecule has 3 amide bonds. The molecule has 0 spiro atoms. The lowest BCUT2D eigenvalue weighted by Gasteiger charge is -2.34. The van der Waals surface area contributed by atoms with Crippen molar-refractivity contribution in [1.82, 2.24) is 20.4 Å². The van der Waals surface area contributed by atoms with Crippen LogP contribution in [0.5, 0.6) is 0 Å². The molecule has 3 aromatic rings. The number of hydrogen-bond donors (Lipinski definition) is 3. The van der Waals surface area contributed by atoms with Crippen LogP contribution in [0.15, 0.2) is 115 Å². The highest BCUT2D eigenvalue weighted by Crippen LogP contribution is 2.31. The number of ketones is 1. The van der Waals surface area contributed by atoms with E-state index >= 15 is 0 Å². The van der Waals surface area contributed by atoms with Gasteiger partial charge in [-0.25, -0.2) is 4.79 Å². The molecule has 0 bridgehead atoms. The molecule has 1 saturated heterocycles. The van der Waals surface area contributed by atoms with Gasteiger partial charge in [-0.15, -0.1) is 0 Å². The number of ether oxygens (including phenoxy) is 1. The monoisotopic (exact) mass is 617 g/mol. The van der Waals surface area contributed by atoms with Gasteiger partial charge in [-0.05, 0) is 61.0 Å². The van der Waals surface area contributed by atoms with Crippen molar-refractivity contribution in [3.8, 4) is 0 Å².